The fourth-order valence-corrected chi connectivity index (χ4v) is 3.63. The molecule has 2 heterocycles. The molecule has 0 N–H and O–H groups in total. The molecule has 2 amide bonds. The largest absolute Gasteiger partial charge is 0.497 e. The third kappa shape index (κ3) is 3.19. The van der Waals surface area contributed by atoms with E-state index in [2.05, 4.69) is 12.1 Å². The van der Waals surface area contributed by atoms with Crippen molar-refractivity contribution in [2.24, 2.45) is 0 Å². The van der Waals surface area contributed by atoms with Crippen LogP contribution in [0.1, 0.15) is 37.2 Å². The minimum atomic E-state index is -0.254. The lowest BCUT2D eigenvalue weighted by atomic mass is 9.89. The zero-order chi connectivity index (χ0) is 16.4. The third-order valence-electron chi connectivity index (χ3n) is 5.15. The van der Waals surface area contributed by atoms with Crippen LogP contribution in [0, 0.1) is 0 Å². The van der Waals surface area contributed by atoms with Crippen molar-refractivity contribution >= 4 is 11.8 Å². The maximum absolute atomic E-state index is 12.6. The van der Waals surface area contributed by atoms with Crippen LogP contribution in [-0.4, -0.2) is 54.9 Å². The molecule has 0 bridgehead atoms. The Morgan fingerprint density at radius 2 is 1.96 bits per heavy atom. The van der Waals surface area contributed by atoms with Gasteiger partial charge in [0.1, 0.15) is 11.8 Å². The molecule has 0 saturated carbocycles. The topological polar surface area (TPSA) is 49.9 Å². The zero-order valence-electron chi connectivity index (χ0n) is 13.8. The SMILES string of the molecule is COc1cccc(C2CCN(C(=O)[C@H]3CCC(=O)N3C)CC2)c1. The van der Waals surface area contributed by atoms with Crippen molar-refractivity contribution in [3.05, 3.63) is 29.8 Å². The first-order chi connectivity index (χ1) is 11.1. The van der Waals surface area contributed by atoms with Crippen LogP contribution in [0.5, 0.6) is 5.75 Å². The van der Waals surface area contributed by atoms with E-state index in [-0.39, 0.29) is 17.9 Å². The second-order valence-electron chi connectivity index (χ2n) is 6.44. The molecule has 1 atom stereocenters. The summed E-state index contributed by atoms with van der Waals surface area (Å²) in [6.07, 6.45) is 3.07. The molecule has 0 aromatic heterocycles. The average molecular weight is 316 g/mol. The summed E-state index contributed by atoms with van der Waals surface area (Å²) in [5.74, 6) is 1.54. The highest BCUT2D eigenvalue weighted by Gasteiger charge is 2.36. The monoisotopic (exact) mass is 316 g/mol. The van der Waals surface area contributed by atoms with Gasteiger partial charge in [-0.1, -0.05) is 12.1 Å². The van der Waals surface area contributed by atoms with Crippen molar-refractivity contribution in [3.63, 3.8) is 0 Å². The van der Waals surface area contributed by atoms with Gasteiger partial charge in [-0.05, 0) is 42.9 Å². The van der Waals surface area contributed by atoms with Crippen LogP contribution in [0.25, 0.3) is 0 Å². The highest BCUT2D eigenvalue weighted by Crippen LogP contribution is 2.31. The van der Waals surface area contributed by atoms with Crippen molar-refractivity contribution in [3.8, 4) is 5.75 Å². The number of rotatable bonds is 3. The predicted molar refractivity (Wildman–Crippen MR) is 87.3 cm³/mol. The molecule has 0 radical (unpaired) electrons. The summed E-state index contributed by atoms with van der Waals surface area (Å²) < 4.78 is 5.29. The second kappa shape index (κ2) is 6.60. The van der Waals surface area contributed by atoms with Crippen LogP contribution in [0.3, 0.4) is 0 Å². The minimum Gasteiger partial charge on any atom is -0.497 e. The first-order valence-corrected chi connectivity index (χ1v) is 8.28. The molecule has 0 aliphatic carbocycles. The summed E-state index contributed by atoms with van der Waals surface area (Å²) in [5.41, 5.74) is 1.28. The number of amides is 2. The molecule has 0 unspecified atom stereocenters. The van der Waals surface area contributed by atoms with Gasteiger partial charge in [0.2, 0.25) is 11.8 Å². The number of carbonyl (C=O) groups excluding carboxylic acids is 2. The number of benzene rings is 1. The molecule has 1 aromatic carbocycles. The van der Waals surface area contributed by atoms with Gasteiger partial charge in [0, 0.05) is 26.6 Å². The molecular weight excluding hydrogens is 292 g/mol. The standard InChI is InChI=1S/C18H24N2O3/c1-19-16(6-7-17(19)21)18(22)20-10-8-13(9-11-20)14-4-3-5-15(12-14)23-2/h3-5,12-13,16H,6-11H2,1-2H3/t16-/m1/s1. The number of piperidine rings is 1. The minimum absolute atomic E-state index is 0.0783. The summed E-state index contributed by atoms with van der Waals surface area (Å²) in [4.78, 5) is 27.8. The fourth-order valence-electron chi connectivity index (χ4n) is 3.63. The van der Waals surface area contributed by atoms with E-state index >= 15 is 0 Å². The van der Waals surface area contributed by atoms with E-state index in [9.17, 15) is 9.59 Å². The molecule has 2 aliphatic rings. The van der Waals surface area contributed by atoms with Gasteiger partial charge in [-0.3, -0.25) is 9.59 Å². The Bertz CT molecular complexity index is 594. The summed E-state index contributed by atoms with van der Waals surface area (Å²) >= 11 is 0. The first-order valence-electron chi connectivity index (χ1n) is 8.28. The van der Waals surface area contributed by atoms with Crippen molar-refractivity contribution in [2.75, 3.05) is 27.2 Å². The van der Waals surface area contributed by atoms with Crippen LogP contribution >= 0.6 is 0 Å². The van der Waals surface area contributed by atoms with E-state index in [1.165, 1.54) is 5.56 Å². The summed E-state index contributed by atoms with van der Waals surface area (Å²) in [5, 5.41) is 0. The molecular formula is C18H24N2O3. The Kier molecular flexibility index (Phi) is 4.55. The molecule has 2 fully saturated rings. The Balaban J connectivity index is 1.60. The van der Waals surface area contributed by atoms with E-state index in [1.54, 1.807) is 19.1 Å². The predicted octanol–water partition coefficient (Wildman–Crippen LogP) is 2.02. The number of ether oxygens (including phenoxy) is 1. The lowest BCUT2D eigenvalue weighted by Gasteiger charge is -2.35. The molecule has 3 rings (SSSR count). The molecule has 5 heteroatoms. The fraction of sp³-hybridized carbons (Fsp3) is 0.556. The number of likely N-dealkylation sites (N-methyl/N-ethyl adjacent to an activating group) is 1. The Morgan fingerprint density at radius 3 is 2.57 bits per heavy atom. The zero-order valence-corrected chi connectivity index (χ0v) is 13.8. The average Bonchev–Trinajstić information content (AvgIpc) is 2.93. The molecule has 2 aliphatic heterocycles. The van der Waals surface area contributed by atoms with Crippen molar-refractivity contribution in [2.45, 2.75) is 37.6 Å². The molecule has 1 aromatic rings. The molecule has 0 spiro atoms. The molecule has 5 nitrogen and oxygen atoms in total. The van der Waals surface area contributed by atoms with Gasteiger partial charge in [-0.15, -0.1) is 0 Å². The lowest BCUT2D eigenvalue weighted by molar-refractivity contribution is -0.141. The Labute approximate surface area is 137 Å². The Morgan fingerprint density at radius 1 is 1.22 bits per heavy atom. The van der Waals surface area contributed by atoms with E-state index in [1.807, 2.05) is 17.0 Å². The summed E-state index contributed by atoms with van der Waals surface area (Å²) in [6.45, 7) is 1.53. The number of nitrogens with zero attached hydrogens (tertiary/aromatic N) is 2. The van der Waals surface area contributed by atoms with E-state index < -0.39 is 0 Å². The summed E-state index contributed by atoms with van der Waals surface area (Å²) in [7, 11) is 3.42. The van der Waals surface area contributed by atoms with Gasteiger partial charge in [-0.2, -0.15) is 0 Å². The van der Waals surface area contributed by atoms with Crippen LogP contribution in [-0.2, 0) is 9.59 Å². The van der Waals surface area contributed by atoms with Crippen molar-refractivity contribution < 1.29 is 14.3 Å². The highest BCUT2D eigenvalue weighted by molar-refractivity contribution is 5.90. The van der Waals surface area contributed by atoms with E-state index in [0.717, 1.165) is 31.7 Å². The highest BCUT2D eigenvalue weighted by atomic mass is 16.5. The quantitative estimate of drug-likeness (QED) is 0.857. The van der Waals surface area contributed by atoms with Gasteiger partial charge in [-0.25, -0.2) is 0 Å². The van der Waals surface area contributed by atoms with Crippen molar-refractivity contribution in [1.82, 2.24) is 9.80 Å². The number of hydrogen-bond donors (Lipinski definition) is 0. The van der Waals surface area contributed by atoms with Gasteiger partial charge in [0.05, 0.1) is 7.11 Å². The van der Waals surface area contributed by atoms with Crippen LogP contribution in [0.4, 0.5) is 0 Å². The number of carbonyl (C=O) groups is 2. The normalized spacial score (nSPS) is 22.5. The summed E-state index contributed by atoms with van der Waals surface area (Å²) in [6, 6.07) is 7.94. The third-order valence-corrected chi connectivity index (χ3v) is 5.15. The van der Waals surface area contributed by atoms with Crippen LogP contribution < -0.4 is 4.74 Å². The number of likely N-dealkylation sites (tertiary alicyclic amines) is 2. The first kappa shape index (κ1) is 15.8. The lowest BCUT2D eigenvalue weighted by Crippen LogP contribution is -2.47. The van der Waals surface area contributed by atoms with Gasteiger partial charge < -0.3 is 14.5 Å². The van der Waals surface area contributed by atoms with Crippen LogP contribution in [0.2, 0.25) is 0 Å². The maximum Gasteiger partial charge on any atom is 0.245 e. The van der Waals surface area contributed by atoms with Gasteiger partial charge >= 0.3 is 0 Å². The molecule has 2 saturated heterocycles. The van der Waals surface area contributed by atoms with Crippen LogP contribution in [0.15, 0.2) is 24.3 Å². The molecule has 23 heavy (non-hydrogen) atoms. The van der Waals surface area contributed by atoms with Gasteiger partial charge in [0.25, 0.3) is 0 Å². The number of methoxy groups -OCH3 is 1. The van der Waals surface area contributed by atoms with Crippen molar-refractivity contribution in [1.29, 1.82) is 0 Å². The number of hydrogen-bond acceptors (Lipinski definition) is 3. The smallest absolute Gasteiger partial charge is 0.245 e. The van der Waals surface area contributed by atoms with E-state index in [4.69, 9.17) is 4.74 Å². The van der Waals surface area contributed by atoms with E-state index in [0.29, 0.717) is 18.8 Å². The maximum atomic E-state index is 12.6. The second-order valence-corrected chi connectivity index (χ2v) is 6.44. The Hall–Kier alpha value is -2.04. The molecule has 124 valence electrons. The van der Waals surface area contributed by atoms with Gasteiger partial charge in [0.15, 0.2) is 0 Å².